The number of carbonyl (C=O) groups excluding carboxylic acids is 1. The molecule has 0 fully saturated rings. The maximum absolute atomic E-state index is 12.8. The van der Waals surface area contributed by atoms with Gasteiger partial charge in [0, 0.05) is 5.56 Å². The summed E-state index contributed by atoms with van der Waals surface area (Å²) < 4.78 is 0. The van der Waals surface area contributed by atoms with Crippen LogP contribution in [0.25, 0.3) is 0 Å². The Morgan fingerprint density at radius 1 is 0.708 bits per heavy atom. The summed E-state index contributed by atoms with van der Waals surface area (Å²) in [5.74, 6) is 0.547. The van der Waals surface area contributed by atoms with E-state index in [1.54, 1.807) is 0 Å². The molecular formula is C20H17OS3+. The first-order valence-electron chi connectivity index (χ1n) is 7.52. The summed E-state index contributed by atoms with van der Waals surface area (Å²) >= 11 is 9.20. The summed E-state index contributed by atoms with van der Waals surface area (Å²) in [6, 6.07) is 25.3. The number of thiol groups is 2. The molecule has 0 saturated carbocycles. The summed E-state index contributed by atoms with van der Waals surface area (Å²) in [5.41, 5.74) is 0.739. The summed E-state index contributed by atoms with van der Waals surface area (Å²) in [5, 5.41) is 0. The van der Waals surface area contributed by atoms with Gasteiger partial charge in [-0.05, 0) is 24.3 Å². The fourth-order valence-electron chi connectivity index (χ4n) is 2.44. The Morgan fingerprint density at radius 2 is 1.17 bits per heavy atom. The van der Waals surface area contributed by atoms with Crippen LogP contribution in [0.15, 0.2) is 98.4 Å². The van der Waals surface area contributed by atoms with Crippen LogP contribution < -0.4 is 0 Å². The molecule has 0 saturated heterocycles. The van der Waals surface area contributed by atoms with Crippen molar-refractivity contribution in [3.05, 3.63) is 84.4 Å². The van der Waals surface area contributed by atoms with E-state index in [2.05, 4.69) is 25.3 Å². The van der Waals surface area contributed by atoms with Gasteiger partial charge in [-0.3, -0.25) is 4.79 Å². The van der Waals surface area contributed by atoms with Crippen LogP contribution in [0.5, 0.6) is 0 Å². The van der Waals surface area contributed by atoms with Gasteiger partial charge in [-0.25, -0.2) is 0 Å². The van der Waals surface area contributed by atoms with Crippen molar-refractivity contribution in [2.75, 3.05) is 5.75 Å². The highest BCUT2D eigenvalue weighted by Crippen LogP contribution is 2.32. The molecule has 4 heteroatoms. The average Bonchev–Trinajstić information content (AvgIpc) is 2.62. The summed E-state index contributed by atoms with van der Waals surface area (Å²) in [7, 11) is -0.407. The van der Waals surface area contributed by atoms with Gasteiger partial charge >= 0.3 is 0 Å². The van der Waals surface area contributed by atoms with Crippen molar-refractivity contribution in [2.24, 2.45) is 0 Å². The van der Waals surface area contributed by atoms with Gasteiger partial charge in [0.05, 0.1) is 20.7 Å². The highest BCUT2D eigenvalue weighted by molar-refractivity contribution is 7.98. The molecule has 0 heterocycles. The molecule has 3 aromatic rings. The molecule has 0 bridgehead atoms. The van der Waals surface area contributed by atoms with Gasteiger partial charge < -0.3 is 0 Å². The minimum absolute atomic E-state index is 0.132. The van der Waals surface area contributed by atoms with Gasteiger partial charge in [-0.2, -0.15) is 0 Å². The van der Waals surface area contributed by atoms with Crippen molar-refractivity contribution in [1.82, 2.24) is 0 Å². The van der Waals surface area contributed by atoms with Crippen LogP contribution >= 0.6 is 25.3 Å². The molecule has 0 spiro atoms. The van der Waals surface area contributed by atoms with Crippen LogP contribution in [0.2, 0.25) is 0 Å². The monoisotopic (exact) mass is 369 g/mol. The maximum Gasteiger partial charge on any atom is 0.212 e. The number of rotatable bonds is 5. The van der Waals surface area contributed by atoms with Crippen LogP contribution in [0, 0.1) is 0 Å². The van der Waals surface area contributed by atoms with E-state index < -0.39 is 10.9 Å². The van der Waals surface area contributed by atoms with Gasteiger partial charge in [0.15, 0.2) is 15.5 Å². The van der Waals surface area contributed by atoms with Crippen LogP contribution in [-0.4, -0.2) is 11.5 Å². The summed E-state index contributed by atoms with van der Waals surface area (Å²) in [4.78, 5) is 16.7. The Morgan fingerprint density at radius 3 is 1.67 bits per heavy atom. The molecule has 0 aliphatic carbocycles. The third-order valence-electron chi connectivity index (χ3n) is 3.63. The van der Waals surface area contributed by atoms with E-state index in [1.807, 2.05) is 78.9 Å². The Labute approximate surface area is 156 Å². The number of benzene rings is 3. The highest BCUT2D eigenvalue weighted by atomic mass is 32.2. The molecule has 0 aromatic heterocycles. The van der Waals surface area contributed by atoms with Crippen LogP contribution in [0.1, 0.15) is 10.4 Å². The van der Waals surface area contributed by atoms with Gasteiger partial charge in [0.2, 0.25) is 5.78 Å². The predicted molar refractivity (Wildman–Crippen MR) is 107 cm³/mol. The second-order valence-corrected chi connectivity index (χ2v) is 8.17. The van der Waals surface area contributed by atoms with Crippen molar-refractivity contribution in [3.63, 3.8) is 0 Å². The van der Waals surface area contributed by atoms with Crippen LogP contribution in [-0.2, 0) is 10.9 Å². The second kappa shape index (κ2) is 7.97. The fourth-order valence-corrected chi connectivity index (χ4v) is 5.53. The molecular weight excluding hydrogens is 352 g/mol. The molecule has 0 aliphatic rings. The van der Waals surface area contributed by atoms with Crippen molar-refractivity contribution in [2.45, 2.75) is 19.6 Å². The first-order valence-corrected chi connectivity index (χ1v) is 9.81. The molecule has 3 aromatic carbocycles. The standard InChI is InChI=1S/C20H16OS3/c21-16(15-8-2-1-3-9-15)14-24(19-12-6-4-10-17(19)22)20-13-7-5-11-18(20)23/h1-13H,14H2,(H-,22,23)/p+1. The third-order valence-corrected chi connectivity index (χ3v) is 7.04. The number of carbonyl (C=O) groups is 1. The smallest absolute Gasteiger partial charge is 0.212 e. The van der Waals surface area contributed by atoms with E-state index in [-0.39, 0.29) is 5.78 Å². The summed E-state index contributed by atoms with van der Waals surface area (Å²) in [6.07, 6.45) is 0. The zero-order valence-electron chi connectivity index (χ0n) is 12.9. The van der Waals surface area contributed by atoms with Gasteiger partial charge in [-0.1, -0.05) is 54.6 Å². The van der Waals surface area contributed by atoms with E-state index in [4.69, 9.17) is 0 Å². The second-order valence-electron chi connectivity index (χ2n) is 5.26. The van der Waals surface area contributed by atoms with Crippen molar-refractivity contribution in [3.8, 4) is 0 Å². The van der Waals surface area contributed by atoms with Crippen LogP contribution in [0.3, 0.4) is 0 Å². The SMILES string of the molecule is O=C(C[S+](c1ccccc1S)c1ccccc1S)c1ccccc1. The van der Waals surface area contributed by atoms with Gasteiger partial charge in [0.1, 0.15) is 0 Å². The molecule has 0 atom stereocenters. The predicted octanol–water partition coefficient (Wildman–Crippen LogP) is 5.18. The molecule has 0 unspecified atom stereocenters. The lowest BCUT2D eigenvalue weighted by Gasteiger charge is -2.11. The molecule has 0 N–H and O–H groups in total. The van der Waals surface area contributed by atoms with Crippen molar-refractivity contribution in [1.29, 1.82) is 0 Å². The van der Waals surface area contributed by atoms with E-state index in [0.29, 0.717) is 5.75 Å². The van der Waals surface area contributed by atoms with E-state index in [0.717, 1.165) is 25.1 Å². The number of ketones is 1. The zero-order valence-corrected chi connectivity index (χ0v) is 15.5. The Bertz CT molecular complexity index is 801. The Hall–Kier alpha value is -1.62. The molecule has 3 rings (SSSR count). The normalized spacial score (nSPS) is 10.8. The fraction of sp³-hybridized carbons (Fsp3) is 0.0500. The average molecular weight is 370 g/mol. The lowest BCUT2D eigenvalue weighted by atomic mass is 10.2. The first kappa shape index (κ1) is 17.2. The molecule has 120 valence electrons. The zero-order chi connectivity index (χ0) is 16.9. The van der Waals surface area contributed by atoms with Crippen molar-refractivity contribution < 1.29 is 4.79 Å². The lowest BCUT2D eigenvalue weighted by Crippen LogP contribution is -2.18. The van der Waals surface area contributed by atoms with Crippen molar-refractivity contribution >= 4 is 41.9 Å². The summed E-state index contributed by atoms with van der Waals surface area (Å²) in [6.45, 7) is 0. The quantitative estimate of drug-likeness (QED) is 0.360. The molecule has 0 amide bonds. The maximum atomic E-state index is 12.8. The number of Topliss-reactive ketones (excluding diaryl/α,β-unsaturated/α-hetero) is 1. The minimum Gasteiger partial charge on any atom is -0.289 e. The lowest BCUT2D eigenvalue weighted by molar-refractivity contribution is 0.102. The molecule has 24 heavy (non-hydrogen) atoms. The Kier molecular flexibility index (Phi) is 5.72. The molecule has 1 nitrogen and oxygen atoms in total. The highest BCUT2D eigenvalue weighted by Gasteiger charge is 2.32. The number of hydrogen-bond donors (Lipinski definition) is 2. The third kappa shape index (κ3) is 3.89. The van der Waals surface area contributed by atoms with E-state index in [1.165, 1.54) is 0 Å². The number of hydrogen-bond acceptors (Lipinski definition) is 3. The van der Waals surface area contributed by atoms with Gasteiger partial charge in [0.25, 0.3) is 0 Å². The topological polar surface area (TPSA) is 17.1 Å². The first-order chi connectivity index (χ1) is 11.7. The Balaban J connectivity index is 2.02. The molecule has 0 radical (unpaired) electrons. The largest absolute Gasteiger partial charge is 0.289 e. The van der Waals surface area contributed by atoms with Gasteiger partial charge in [-0.15, -0.1) is 25.3 Å². The van der Waals surface area contributed by atoms with E-state index in [9.17, 15) is 4.79 Å². The molecule has 0 aliphatic heterocycles. The van der Waals surface area contributed by atoms with E-state index >= 15 is 0 Å². The van der Waals surface area contributed by atoms with Crippen LogP contribution in [0.4, 0.5) is 0 Å². The minimum atomic E-state index is -0.407.